The SMILES string of the molecule is OCC(COc1ccc(Br)cc1)c1cccnc1. The highest BCUT2D eigenvalue weighted by molar-refractivity contribution is 9.10. The molecule has 1 aromatic heterocycles. The second-order valence-electron chi connectivity index (χ2n) is 3.93. The number of aromatic nitrogens is 1. The van der Waals surface area contributed by atoms with Crippen LogP contribution in [-0.4, -0.2) is 23.3 Å². The van der Waals surface area contributed by atoms with Crippen LogP contribution in [0.3, 0.4) is 0 Å². The van der Waals surface area contributed by atoms with Gasteiger partial charge >= 0.3 is 0 Å². The quantitative estimate of drug-likeness (QED) is 0.923. The maximum Gasteiger partial charge on any atom is 0.119 e. The van der Waals surface area contributed by atoms with Crippen LogP contribution in [0.2, 0.25) is 0 Å². The van der Waals surface area contributed by atoms with E-state index < -0.39 is 0 Å². The van der Waals surface area contributed by atoms with E-state index in [0.717, 1.165) is 15.8 Å². The molecule has 0 amide bonds. The molecule has 3 nitrogen and oxygen atoms in total. The van der Waals surface area contributed by atoms with Crippen LogP contribution >= 0.6 is 15.9 Å². The van der Waals surface area contributed by atoms with Gasteiger partial charge in [0.05, 0.1) is 13.2 Å². The molecule has 1 aromatic carbocycles. The normalized spacial score (nSPS) is 12.1. The van der Waals surface area contributed by atoms with Gasteiger partial charge in [0.15, 0.2) is 0 Å². The van der Waals surface area contributed by atoms with Crippen molar-refractivity contribution in [2.24, 2.45) is 0 Å². The fraction of sp³-hybridized carbons (Fsp3) is 0.214. The average molecular weight is 308 g/mol. The number of pyridine rings is 1. The van der Waals surface area contributed by atoms with Crippen molar-refractivity contribution < 1.29 is 9.84 Å². The lowest BCUT2D eigenvalue weighted by Crippen LogP contribution is -2.14. The molecule has 0 aliphatic rings. The molecule has 0 fully saturated rings. The summed E-state index contributed by atoms with van der Waals surface area (Å²) in [7, 11) is 0. The van der Waals surface area contributed by atoms with Crippen LogP contribution in [0, 0.1) is 0 Å². The smallest absolute Gasteiger partial charge is 0.119 e. The van der Waals surface area contributed by atoms with Crippen molar-refractivity contribution in [1.82, 2.24) is 4.98 Å². The number of hydrogen-bond acceptors (Lipinski definition) is 3. The maximum absolute atomic E-state index is 9.39. The predicted octanol–water partition coefficient (Wildman–Crippen LogP) is 3.00. The summed E-state index contributed by atoms with van der Waals surface area (Å²) < 4.78 is 6.67. The lowest BCUT2D eigenvalue weighted by Gasteiger charge is -2.15. The Labute approximate surface area is 115 Å². The lowest BCUT2D eigenvalue weighted by atomic mass is 10.0. The molecule has 4 heteroatoms. The molecule has 1 unspecified atom stereocenters. The van der Waals surface area contributed by atoms with Crippen LogP contribution in [0.1, 0.15) is 11.5 Å². The molecular formula is C14H14BrNO2. The first-order chi connectivity index (χ1) is 8.79. The zero-order valence-corrected chi connectivity index (χ0v) is 11.4. The first kappa shape index (κ1) is 13.1. The molecule has 1 atom stereocenters. The Balaban J connectivity index is 1.97. The molecule has 0 spiro atoms. The molecule has 0 radical (unpaired) electrons. The lowest BCUT2D eigenvalue weighted by molar-refractivity contribution is 0.205. The highest BCUT2D eigenvalue weighted by atomic mass is 79.9. The molecule has 1 N–H and O–H groups in total. The van der Waals surface area contributed by atoms with Crippen molar-refractivity contribution in [3.8, 4) is 5.75 Å². The van der Waals surface area contributed by atoms with Crippen molar-refractivity contribution in [2.75, 3.05) is 13.2 Å². The van der Waals surface area contributed by atoms with Crippen LogP contribution in [0.4, 0.5) is 0 Å². The van der Waals surface area contributed by atoms with E-state index in [2.05, 4.69) is 20.9 Å². The van der Waals surface area contributed by atoms with E-state index in [4.69, 9.17) is 4.74 Å². The van der Waals surface area contributed by atoms with Crippen molar-refractivity contribution in [2.45, 2.75) is 5.92 Å². The molecule has 1 heterocycles. The van der Waals surface area contributed by atoms with Gasteiger partial charge in [-0.3, -0.25) is 4.98 Å². The third-order valence-corrected chi connectivity index (χ3v) is 3.17. The van der Waals surface area contributed by atoms with E-state index in [0.29, 0.717) is 6.61 Å². The number of ether oxygens (including phenoxy) is 1. The first-order valence-electron chi connectivity index (χ1n) is 5.68. The summed E-state index contributed by atoms with van der Waals surface area (Å²) in [5.74, 6) is 0.739. The van der Waals surface area contributed by atoms with E-state index in [1.165, 1.54) is 0 Å². The minimum Gasteiger partial charge on any atom is -0.493 e. The maximum atomic E-state index is 9.39. The zero-order valence-electron chi connectivity index (χ0n) is 9.79. The Morgan fingerprint density at radius 2 is 2.00 bits per heavy atom. The predicted molar refractivity (Wildman–Crippen MR) is 73.7 cm³/mol. The molecule has 2 rings (SSSR count). The standard InChI is InChI=1S/C14H14BrNO2/c15-13-3-5-14(6-4-13)18-10-12(9-17)11-2-1-7-16-8-11/h1-8,12,17H,9-10H2. The first-order valence-corrected chi connectivity index (χ1v) is 6.48. The third kappa shape index (κ3) is 3.55. The van der Waals surface area contributed by atoms with Crippen LogP contribution in [-0.2, 0) is 0 Å². The number of aliphatic hydroxyl groups excluding tert-OH is 1. The summed E-state index contributed by atoms with van der Waals surface area (Å²) in [5.41, 5.74) is 0.983. The number of aliphatic hydroxyl groups is 1. The molecule has 94 valence electrons. The number of benzene rings is 1. The van der Waals surface area contributed by atoms with Gasteiger partial charge in [-0.1, -0.05) is 22.0 Å². The van der Waals surface area contributed by atoms with Gasteiger partial charge < -0.3 is 9.84 Å². The van der Waals surface area contributed by atoms with Gasteiger partial charge in [0.2, 0.25) is 0 Å². The summed E-state index contributed by atoms with van der Waals surface area (Å²) in [5, 5.41) is 9.39. The molecular weight excluding hydrogens is 294 g/mol. The molecule has 0 saturated heterocycles. The molecule has 2 aromatic rings. The highest BCUT2D eigenvalue weighted by Crippen LogP contribution is 2.19. The van der Waals surface area contributed by atoms with Gasteiger partial charge in [0.25, 0.3) is 0 Å². The van der Waals surface area contributed by atoms with Crippen molar-refractivity contribution in [3.63, 3.8) is 0 Å². The van der Waals surface area contributed by atoms with Crippen LogP contribution in [0.5, 0.6) is 5.75 Å². The van der Waals surface area contributed by atoms with Crippen LogP contribution in [0.25, 0.3) is 0 Å². The number of rotatable bonds is 5. The molecule has 0 bridgehead atoms. The Kier molecular flexibility index (Phi) is 4.73. The summed E-state index contributed by atoms with van der Waals surface area (Å²) in [6.45, 7) is 0.478. The van der Waals surface area contributed by atoms with Crippen LogP contribution in [0.15, 0.2) is 53.3 Å². The zero-order chi connectivity index (χ0) is 12.8. The van der Waals surface area contributed by atoms with E-state index in [1.54, 1.807) is 12.4 Å². The average Bonchev–Trinajstić information content (AvgIpc) is 2.43. The van der Waals surface area contributed by atoms with Crippen molar-refractivity contribution in [3.05, 3.63) is 58.8 Å². The van der Waals surface area contributed by atoms with Gasteiger partial charge in [0, 0.05) is 22.8 Å². The van der Waals surface area contributed by atoms with Gasteiger partial charge in [-0.05, 0) is 35.9 Å². The monoisotopic (exact) mass is 307 g/mol. The molecule has 0 saturated carbocycles. The van der Waals surface area contributed by atoms with E-state index >= 15 is 0 Å². The third-order valence-electron chi connectivity index (χ3n) is 2.64. The highest BCUT2D eigenvalue weighted by Gasteiger charge is 2.11. The molecule has 18 heavy (non-hydrogen) atoms. The van der Waals surface area contributed by atoms with E-state index in [1.807, 2.05) is 36.4 Å². The minimum absolute atomic E-state index is 0.0439. The van der Waals surface area contributed by atoms with Gasteiger partial charge in [-0.15, -0.1) is 0 Å². The fourth-order valence-electron chi connectivity index (χ4n) is 1.60. The Bertz CT molecular complexity index is 473. The Morgan fingerprint density at radius 3 is 2.61 bits per heavy atom. The van der Waals surface area contributed by atoms with Crippen molar-refractivity contribution in [1.29, 1.82) is 0 Å². The summed E-state index contributed by atoms with van der Waals surface area (Å²) >= 11 is 3.37. The van der Waals surface area contributed by atoms with Gasteiger partial charge in [-0.25, -0.2) is 0 Å². The van der Waals surface area contributed by atoms with Crippen molar-refractivity contribution >= 4 is 15.9 Å². The molecule has 0 aliphatic carbocycles. The number of hydrogen-bond donors (Lipinski definition) is 1. The summed E-state index contributed by atoms with van der Waals surface area (Å²) in [4.78, 5) is 4.05. The minimum atomic E-state index is -0.0534. The fourth-order valence-corrected chi connectivity index (χ4v) is 1.86. The summed E-state index contributed by atoms with van der Waals surface area (Å²) in [6.07, 6.45) is 3.47. The van der Waals surface area contributed by atoms with E-state index in [9.17, 15) is 5.11 Å². The van der Waals surface area contributed by atoms with Gasteiger partial charge in [-0.2, -0.15) is 0 Å². The second kappa shape index (κ2) is 6.52. The van der Waals surface area contributed by atoms with E-state index in [-0.39, 0.29) is 12.5 Å². The Morgan fingerprint density at radius 1 is 1.22 bits per heavy atom. The Hall–Kier alpha value is -1.39. The topological polar surface area (TPSA) is 42.4 Å². The summed E-state index contributed by atoms with van der Waals surface area (Å²) in [6, 6.07) is 11.4. The number of halogens is 1. The molecule has 0 aliphatic heterocycles. The van der Waals surface area contributed by atoms with Crippen LogP contribution < -0.4 is 4.74 Å². The van der Waals surface area contributed by atoms with Gasteiger partial charge in [0.1, 0.15) is 5.75 Å². The largest absolute Gasteiger partial charge is 0.493 e. The second-order valence-corrected chi connectivity index (χ2v) is 4.85. The number of nitrogens with zero attached hydrogens (tertiary/aromatic N) is 1.